The molecular weight excluding hydrogens is 1530 g/mol. The number of piperazine rings is 2. The van der Waals surface area contributed by atoms with Gasteiger partial charge in [-0.25, -0.2) is 54.8 Å². The van der Waals surface area contributed by atoms with Gasteiger partial charge in [-0.3, -0.25) is 29.8 Å². The minimum atomic E-state index is -0.768. The fourth-order valence-electron chi connectivity index (χ4n) is 9.99. The maximum absolute atomic E-state index is 13.6. The van der Waals surface area contributed by atoms with E-state index >= 15 is 0 Å². The van der Waals surface area contributed by atoms with Gasteiger partial charge in [0.1, 0.15) is 34.9 Å². The Balaban J connectivity index is 0.000000385. The second-order valence-corrected chi connectivity index (χ2v) is 24.8. The Hall–Kier alpha value is -8.51. The van der Waals surface area contributed by atoms with Crippen molar-refractivity contribution in [2.45, 2.75) is 38.9 Å². The molecule has 0 atom stereocenters. The number of amides is 2. The Labute approximate surface area is 690 Å². The molecule has 11 rings (SSSR count). The fraction of sp³-hybridized carbons (Fsp3) is 0.297. The first-order chi connectivity index (χ1) is 51.9. The zero-order chi connectivity index (χ0) is 78.3. The molecule has 0 radical (unpaired) electrons. The third-order valence-corrected chi connectivity index (χ3v) is 15.8. The molecule has 36 heteroatoms. The van der Waals surface area contributed by atoms with Crippen molar-refractivity contribution in [2.24, 2.45) is 0 Å². The Morgan fingerprint density at radius 2 is 0.855 bits per heavy atom. The number of nitrogens with one attached hydrogen (secondary N) is 3. The molecule has 578 valence electrons. The van der Waals surface area contributed by atoms with Gasteiger partial charge >= 0.3 is 76.7 Å². The molecule has 5 N–H and O–H groups in total. The molecule has 3 aromatic heterocycles. The number of hydrogen-bond donors (Lipinski definition) is 4. The predicted molar refractivity (Wildman–Crippen MR) is 398 cm³/mol. The smallest absolute Gasteiger partial charge is 1.00 e. The second kappa shape index (κ2) is 51.1. The molecule has 0 unspecified atom stereocenters. The van der Waals surface area contributed by atoms with Gasteiger partial charge in [-0.15, -0.1) is 23.2 Å². The van der Waals surface area contributed by atoms with Gasteiger partial charge in [-0.05, 0) is 141 Å². The van der Waals surface area contributed by atoms with Crippen molar-refractivity contribution in [1.29, 1.82) is 0 Å². The molecule has 5 heterocycles. The van der Waals surface area contributed by atoms with Gasteiger partial charge in [0.05, 0.1) is 56.5 Å². The van der Waals surface area contributed by atoms with Crippen molar-refractivity contribution in [2.75, 3.05) is 121 Å². The third kappa shape index (κ3) is 35.7. The van der Waals surface area contributed by atoms with Crippen LogP contribution in [0.5, 0.6) is 0 Å². The minimum Gasteiger partial charge on any atom is -1.00 e. The summed E-state index contributed by atoms with van der Waals surface area (Å²) in [4.78, 5) is 88.5. The second-order valence-electron chi connectivity index (χ2n) is 23.7. The van der Waals surface area contributed by atoms with E-state index in [9.17, 15) is 55.1 Å². The molecular formula is C74H80Cl3F6N13Na2O12. The number of ether oxygens (including phenoxy) is 3. The molecule has 0 aliphatic carbocycles. The zero-order valence-corrected chi connectivity index (χ0v) is 67.0. The van der Waals surface area contributed by atoms with Crippen LogP contribution < -0.4 is 103 Å². The van der Waals surface area contributed by atoms with Crippen LogP contribution in [0.2, 0.25) is 0 Å². The molecule has 2 amide bonds. The number of aromatic nitrogens is 6. The van der Waals surface area contributed by atoms with Crippen molar-refractivity contribution >= 4 is 76.0 Å². The summed E-state index contributed by atoms with van der Waals surface area (Å²) < 4.78 is 99.1. The van der Waals surface area contributed by atoms with Crippen LogP contribution in [0.4, 0.5) is 57.8 Å². The quantitative estimate of drug-likeness (QED) is 0.00681. The molecule has 0 saturated carbocycles. The molecule has 25 nitrogen and oxygen atoms in total. The summed E-state index contributed by atoms with van der Waals surface area (Å²) in [6.45, 7) is 10.9. The van der Waals surface area contributed by atoms with Crippen LogP contribution in [0.3, 0.4) is 0 Å². The van der Waals surface area contributed by atoms with E-state index in [0.29, 0.717) is 71.7 Å². The monoisotopic (exact) mass is 1610 g/mol. The van der Waals surface area contributed by atoms with Crippen LogP contribution in [0, 0.1) is 34.9 Å². The predicted octanol–water partition coefficient (Wildman–Crippen LogP) is 4.72. The van der Waals surface area contributed by atoms with Crippen molar-refractivity contribution in [3.63, 3.8) is 0 Å². The summed E-state index contributed by atoms with van der Waals surface area (Å²) >= 11 is 15.6. The number of hydrogen-bond acceptors (Lipinski definition) is 20. The number of nitrogens with zero attached hydrogens (tertiary/aromatic N) is 9. The van der Waals surface area contributed by atoms with Crippen LogP contribution >= 0.6 is 34.8 Å². The molecule has 6 aromatic carbocycles. The van der Waals surface area contributed by atoms with Crippen molar-refractivity contribution in [3.8, 4) is 33.8 Å². The zero-order valence-electron chi connectivity index (χ0n) is 61.7. The van der Waals surface area contributed by atoms with Crippen LogP contribution in [0.25, 0.3) is 33.8 Å². The van der Waals surface area contributed by atoms with Gasteiger partial charge in [-0.1, -0.05) is 36.4 Å². The van der Waals surface area contributed by atoms with E-state index in [-0.39, 0.29) is 138 Å². The SMILES string of the molecule is CN1CCN(CCCOC(=O)Nc2cccc(Cn3nc(-c4cc(F)cc(F)c4)ccc3=O)c2)CC1.CN1CCNCC1.Nc1cccc(Cn2nc(-c3cc(F)cc(F)c3)ccc2=O)c1.O=C(Cl)OCCCCl.O=C(Nc1cccc(Cn2nc(-c3cc(F)cc(F)c3)ccc2=O)c1)OCCCCl.O=CO[O-].[H-].[Na+].[Na+]. The molecule has 2 aliphatic heterocycles. The van der Waals surface area contributed by atoms with E-state index in [1.165, 1.54) is 75.7 Å². The number of carbonyl (C=O) groups excluding carboxylic acids is 4. The summed E-state index contributed by atoms with van der Waals surface area (Å²) in [6, 6.07) is 38.3. The van der Waals surface area contributed by atoms with Crippen LogP contribution in [0.1, 0.15) is 37.4 Å². The van der Waals surface area contributed by atoms with Crippen LogP contribution in [-0.2, 0) is 43.5 Å². The van der Waals surface area contributed by atoms with Crippen LogP contribution in [0.15, 0.2) is 178 Å². The first-order valence-corrected chi connectivity index (χ1v) is 34.8. The number of nitrogens with two attached hydrogens (primary N) is 1. The molecule has 2 fully saturated rings. The van der Waals surface area contributed by atoms with Crippen molar-refractivity contribution in [3.05, 3.63) is 246 Å². The van der Waals surface area contributed by atoms with E-state index in [4.69, 9.17) is 60.1 Å². The van der Waals surface area contributed by atoms with E-state index in [1.807, 2.05) is 6.07 Å². The van der Waals surface area contributed by atoms with Gasteiger partial charge in [0, 0.05) is 152 Å². The fourth-order valence-corrected chi connectivity index (χ4v) is 10.3. The van der Waals surface area contributed by atoms with E-state index < -0.39 is 52.5 Å². The number of alkyl halides is 2. The molecule has 2 saturated heterocycles. The van der Waals surface area contributed by atoms with E-state index in [0.717, 1.165) is 100 Å². The number of likely N-dealkylation sites (N-methyl/N-ethyl adjacent to an activating group) is 2. The number of benzene rings is 6. The molecule has 2 aliphatic rings. The topological polar surface area (TPSA) is 305 Å². The average Bonchev–Trinajstić information content (AvgIpc) is 0.830. The minimum absolute atomic E-state index is 0. The van der Waals surface area contributed by atoms with Crippen molar-refractivity contribution < 1.29 is 130 Å². The van der Waals surface area contributed by atoms with Gasteiger partial charge in [0.15, 0.2) is 0 Å². The summed E-state index contributed by atoms with van der Waals surface area (Å²) in [5.74, 6) is -3.44. The largest absolute Gasteiger partial charge is 1.00 e. The molecule has 0 spiro atoms. The molecule has 110 heavy (non-hydrogen) atoms. The van der Waals surface area contributed by atoms with E-state index in [1.54, 1.807) is 66.7 Å². The summed E-state index contributed by atoms with van der Waals surface area (Å²) in [7, 11) is 4.27. The van der Waals surface area contributed by atoms with Gasteiger partial charge < -0.3 is 51.5 Å². The first-order valence-electron chi connectivity index (χ1n) is 33.4. The van der Waals surface area contributed by atoms with Crippen molar-refractivity contribution in [1.82, 2.24) is 49.4 Å². The summed E-state index contributed by atoms with van der Waals surface area (Å²) in [6.07, 6.45) is 0.811. The third-order valence-electron chi connectivity index (χ3n) is 15.2. The number of rotatable bonds is 22. The van der Waals surface area contributed by atoms with Crippen LogP contribution in [-0.4, -0.2) is 173 Å². The maximum Gasteiger partial charge on any atom is 1.00 e. The average molecular weight is 1610 g/mol. The Morgan fingerprint density at radius 1 is 0.509 bits per heavy atom. The molecule has 9 aromatic rings. The number of halogens is 9. The molecule has 0 bridgehead atoms. The summed E-state index contributed by atoms with van der Waals surface area (Å²) in [5.41, 5.74) is 9.23. The van der Waals surface area contributed by atoms with Gasteiger partial charge in [0.25, 0.3) is 23.2 Å². The van der Waals surface area contributed by atoms with Gasteiger partial charge in [-0.2, -0.15) is 15.3 Å². The Bertz CT molecular complexity index is 4520. The Kier molecular flexibility index (Phi) is 43.6. The standard InChI is InChI=1S/C26H29F2N5O3.C21H18ClF2N3O3.C17H13F2N3O.C5H12N2.C4H6Cl2O2.CH2O3.2Na.H/c1-31-9-11-32(12-10-31)8-3-13-36-26(35)29-23-5-2-4-19(14-23)18-33-25(34)7-6-24(30-33)20-15-21(27)17-22(28)16-20;22-7-2-8-30-21(29)25-18-4-1-3-14(9-18)13-27-20(28)6-5-19(26-27)15-10-16(23)12-17(24)11-15;18-13-7-12(8-14(19)9-13)16-4-5-17(23)22(21-16)10-11-2-1-3-15(20)6-11;1-7-4-2-6-3-5-7;5-2-1-3-8-4(6)7;2-1-4-3;;;/h2,4-7,14-17H,3,8-13,18H2,1H3,(H,29,35);1,3-6,9-12H,2,7-8,13H2,(H,25,29);1-9H,10,20H2;6H,2-5H2,1H3;1-3H2;1,3H;;;/q;;;;;;2*+1;-1/p-1. The number of nitrogen functional groups attached to an aromatic ring is 1. The van der Waals surface area contributed by atoms with Gasteiger partial charge in [0.2, 0.25) is 0 Å². The van der Waals surface area contributed by atoms with E-state index in [2.05, 4.69) is 69.7 Å². The first kappa shape index (κ1) is 93.9. The summed E-state index contributed by atoms with van der Waals surface area (Å²) in [5, 5.41) is 29.6. The maximum atomic E-state index is 13.6. The number of carbonyl (C=O) groups is 4. The number of anilines is 3. The Morgan fingerprint density at radius 3 is 1.19 bits per heavy atom. The normalized spacial score (nSPS) is 12.3.